The highest BCUT2D eigenvalue weighted by Gasteiger charge is 2.05. The lowest BCUT2D eigenvalue weighted by Crippen LogP contribution is -2.05. The van der Waals surface area contributed by atoms with E-state index in [2.05, 4.69) is 0 Å². The SMILES string of the molecule is COc1ccc(/C=C/C(N)=O)cc1OCc1ccc(C)cc1. The molecular weight excluding hydrogens is 278 g/mol. The van der Waals surface area contributed by atoms with Crippen LogP contribution in [0.5, 0.6) is 11.5 Å². The predicted octanol–water partition coefficient (Wildman–Crippen LogP) is 3.08. The van der Waals surface area contributed by atoms with Crippen molar-refractivity contribution in [2.45, 2.75) is 13.5 Å². The molecule has 0 fully saturated rings. The van der Waals surface area contributed by atoms with E-state index >= 15 is 0 Å². The maximum Gasteiger partial charge on any atom is 0.241 e. The van der Waals surface area contributed by atoms with Gasteiger partial charge in [0.05, 0.1) is 7.11 Å². The first-order valence-corrected chi connectivity index (χ1v) is 6.92. The molecule has 0 saturated carbocycles. The van der Waals surface area contributed by atoms with Gasteiger partial charge in [-0.1, -0.05) is 35.9 Å². The van der Waals surface area contributed by atoms with Crippen LogP contribution in [0.1, 0.15) is 16.7 Å². The van der Waals surface area contributed by atoms with E-state index in [0.29, 0.717) is 18.1 Å². The second kappa shape index (κ2) is 7.31. The first kappa shape index (κ1) is 15.6. The molecule has 0 heterocycles. The molecule has 0 aliphatic carbocycles. The summed E-state index contributed by atoms with van der Waals surface area (Å²) in [4.78, 5) is 10.8. The molecule has 2 rings (SSSR count). The van der Waals surface area contributed by atoms with E-state index in [4.69, 9.17) is 15.2 Å². The fourth-order valence-electron chi connectivity index (χ4n) is 1.93. The van der Waals surface area contributed by atoms with Crippen LogP contribution in [0.15, 0.2) is 48.5 Å². The molecule has 1 amide bonds. The van der Waals surface area contributed by atoms with E-state index in [9.17, 15) is 4.79 Å². The summed E-state index contributed by atoms with van der Waals surface area (Å²) in [6.07, 6.45) is 2.95. The minimum Gasteiger partial charge on any atom is -0.493 e. The van der Waals surface area contributed by atoms with Crippen molar-refractivity contribution in [3.63, 3.8) is 0 Å². The number of hydrogen-bond donors (Lipinski definition) is 1. The van der Waals surface area contributed by atoms with Gasteiger partial charge in [0.2, 0.25) is 5.91 Å². The molecule has 0 unspecified atom stereocenters. The molecule has 0 radical (unpaired) electrons. The molecule has 4 nitrogen and oxygen atoms in total. The van der Waals surface area contributed by atoms with Gasteiger partial charge in [-0.25, -0.2) is 0 Å². The molecule has 0 aliphatic heterocycles. The van der Waals surface area contributed by atoms with Crippen LogP contribution in [-0.2, 0) is 11.4 Å². The zero-order valence-corrected chi connectivity index (χ0v) is 12.7. The number of amides is 1. The Kier molecular flexibility index (Phi) is 5.20. The maximum atomic E-state index is 10.8. The van der Waals surface area contributed by atoms with Gasteiger partial charge < -0.3 is 15.2 Å². The van der Waals surface area contributed by atoms with Crippen molar-refractivity contribution < 1.29 is 14.3 Å². The molecule has 0 aliphatic rings. The van der Waals surface area contributed by atoms with Gasteiger partial charge in [-0.05, 0) is 36.3 Å². The third-order valence-corrected chi connectivity index (χ3v) is 3.14. The van der Waals surface area contributed by atoms with Gasteiger partial charge in [-0.15, -0.1) is 0 Å². The molecule has 22 heavy (non-hydrogen) atoms. The molecule has 2 N–H and O–H groups in total. The van der Waals surface area contributed by atoms with Crippen molar-refractivity contribution >= 4 is 12.0 Å². The van der Waals surface area contributed by atoms with E-state index < -0.39 is 5.91 Å². The number of primary amides is 1. The quantitative estimate of drug-likeness (QED) is 0.833. The van der Waals surface area contributed by atoms with Gasteiger partial charge in [0.25, 0.3) is 0 Å². The van der Waals surface area contributed by atoms with Gasteiger partial charge in [0.1, 0.15) is 6.61 Å². The summed E-state index contributed by atoms with van der Waals surface area (Å²) in [5.74, 6) is 0.774. The van der Waals surface area contributed by atoms with E-state index in [1.165, 1.54) is 11.6 Å². The summed E-state index contributed by atoms with van der Waals surface area (Å²) in [7, 11) is 1.59. The van der Waals surface area contributed by atoms with Gasteiger partial charge in [-0.2, -0.15) is 0 Å². The maximum absolute atomic E-state index is 10.8. The van der Waals surface area contributed by atoms with Crippen LogP contribution in [-0.4, -0.2) is 13.0 Å². The zero-order chi connectivity index (χ0) is 15.9. The van der Waals surface area contributed by atoms with Crippen LogP contribution < -0.4 is 15.2 Å². The molecule has 0 atom stereocenters. The van der Waals surface area contributed by atoms with Crippen molar-refractivity contribution in [2.75, 3.05) is 7.11 Å². The Morgan fingerprint density at radius 2 is 1.86 bits per heavy atom. The molecule has 2 aromatic rings. The summed E-state index contributed by atoms with van der Waals surface area (Å²) < 4.78 is 11.1. The van der Waals surface area contributed by atoms with Crippen molar-refractivity contribution in [2.24, 2.45) is 5.73 Å². The Balaban J connectivity index is 2.15. The highest BCUT2D eigenvalue weighted by atomic mass is 16.5. The lowest BCUT2D eigenvalue weighted by atomic mass is 10.1. The second-order valence-corrected chi connectivity index (χ2v) is 4.92. The monoisotopic (exact) mass is 297 g/mol. The summed E-state index contributed by atoms with van der Waals surface area (Å²) in [6.45, 7) is 2.49. The predicted molar refractivity (Wildman–Crippen MR) is 86.7 cm³/mol. The molecule has 4 heteroatoms. The van der Waals surface area contributed by atoms with Gasteiger partial charge >= 0.3 is 0 Å². The van der Waals surface area contributed by atoms with E-state index in [1.807, 2.05) is 43.3 Å². The van der Waals surface area contributed by atoms with Crippen LogP contribution in [0.4, 0.5) is 0 Å². The summed E-state index contributed by atoms with van der Waals surface area (Å²) in [6, 6.07) is 13.6. The lowest BCUT2D eigenvalue weighted by Gasteiger charge is -2.11. The Bertz CT molecular complexity index is 675. The number of nitrogens with two attached hydrogens (primary N) is 1. The van der Waals surface area contributed by atoms with Crippen LogP contribution in [0.2, 0.25) is 0 Å². The number of carbonyl (C=O) groups excluding carboxylic acids is 1. The van der Waals surface area contributed by atoms with E-state index in [1.54, 1.807) is 19.3 Å². The Labute approximate surface area is 130 Å². The standard InChI is InChI=1S/C18H19NO3/c1-13-3-5-15(6-4-13)12-22-17-11-14(8-10-18(19)20)7-9-16(17)21-2/h3-11H,12H2,1-2H3,(H2,19,20)/b10-8+. The minimum atomic E-state index is -0.488. The second-order valence-electron chi connectivity index (χ2n) is 4.92. The zero-order valence-electron chi connectivity index (χ0n) is 12.7. The topological polar surface area (TPSA) is 61.5 Å². The number of ether oxygens (including phenoxy) is 2. The number of rotatable bonds is 6. The van der Waals surface area contributed by atoms with Gasteiger partial charge in [0.15, 0.2) is 11.5 Å². The molecule has 0 spiro atoms. The molecule has 0 aromatic heterocycles. The van der Waals surface area contributed by atoms with Gasteiger partial charge in [-0.3, -0.25) is 4.79 Å². The Hall–Kier alpha value is -2.75. The third-order valence-electron chi connectivity index (χ3n) is 3.14. The third kappa shape index (κ3) is 4.38. The first-order valence-electron chi connectivity index (χ1n) is 6.92. The molecule has 0 saturated heterocycles. The summed E-state index contributed by atoms with van der Waals surface area (Å²) in [5, 5.41) is 0. The van der Waals surface area contributed by atoms with E-state index in [-0.39, 0.29) is 0 Å². The molecule has 114 valence electrons. The Morgan fingerprint density at radius 1 is 1.14 bits per heavy atom. The fraction of sp³-hybridized carbons (Fsp3) is 0.167. The van der Waals surface area contributed by atoms with Crippen LogP contribution in [0.3, 0.4) is 0 Å². The van der Waals surface area contributed by atoms with E-state index in [0.717, 1.165) is 11.1 Å². The van der Waals surface area contributed by atoms with Crippen LogP contribution in [0, 0.1) is 6.92 Å². The molecule has 2 aromatic carbocycles. The fourth-order valence-corrected chi connectivity index (χ4v) is 1.93. The molecular formula is C18H19NO3. The largest absolute Gasteiger partial charge is 0.493 e. The smallest absolute Gasteiger partial charge is 0.241 e. The highest BCUT2D eigenvalue weighted by molar-refractivity contribution is 5.90. The highest BCUT2D eigenvalue weighted by Crippen LogP contribution is 2.29. The van der Waals surface area contributed by atoms with Crippen molar-refractivity contribution in [1.82, 2.24) is 0 Å². The van der Waals surface area contributed by atoms with Crippen molar-refractivity contribution in [3.05, 3.63) is 65.2 Å². The van der Waals surface area contributed by atoms with Crippen molar-refractivity contribution in [1.29, 1.82) is 0 Å². The number of carbonyl (C=O) groups is 1. The first-order chi connectivity index (χ1) is 10.6. The average molecular weight is 297 g/mol. The van der Waals surface area contributed by atoms with Crippen LogP contribution >= 0.6 is 0 Å². The lowest BCUT2D eigenvalue weighted by molar-refractivity contribution is -0.113. The number of methoxy groups -OCH3 is 1. The number of hydrogen-bond acceptors (Lipinski definition) is 3. The summed E-state index contributed by atoms with van der Waals surface area (Å²) >= 11 is 0. The van der Waals surface area contributed by atoms with Gasteiger partial charge in [0, 0.05) is 6.08 Å². The number of benzene rings is 2. The summed E-state index contributed by atoms with van der Waals surface area (Å²) in [5.41, 5.74) is 8.20. The van der Waals surface area contributed by atoms with Crippen LogP contribution in [0.25, 0.3) is 6.08 Å². The molecule has 0 bridgehead atoms. The normalized spacial score (nSPS) is 10.6. The number of aryl methyl sites for hydroxylation is 1. The average Bonchev–Trinajstić information content (AvgIpc) is 2.52. The Morgan fingerprint density at radius 3 is 2.50 bits per heavy atom. The minimum absolute atomic E-state index is 0.444. The van der Waals surface area contributed by atoms with Crippen molar-refractivity contribution in [3.8, 4) is 11.5 Å².